The molecule has 3 aromatic rings. The second-order valence-electron chi connectivity index (χ2n) is 6.82. The fraction of sp³-hybridized carbons (Fsp3) is 0.389. The van der Waals surface area contributed by atoms with Gasteiger partial charge in [0.05, 0.1) is 0 Å². The van der Waals surface area contributed by atoms with E-state index in [0.717, 1.165) is 30.7 Å². The molecular weight excluding hydrogens is 404 g/mol. The van der Waals surface area contributed by atoms with Gasteiger partial charge in [-0.3, -0.25) is 0 Å². The summed E-state index contributed by atoms with van der Waals surface area (Å²) in [7, 11) is 0. The van der Waals surface area contributed by atoms with Crippen molar-refractivity contribution in [2.45, 2.75) is 45.1 Å². The van der Waals surface area contributed by atoms with Crippen molar-refractivity contribution in [1.82, 2.24) is 19.6 Å². The molecule has 1 atom stereocenters. The molecule has 1 aliphatic rings. The molecule has 0 bridgehead atoms. The number of anilines is 1. The molecule has 2 aromatic heterocycles. The van der Waals surface area contributed by atoms with Crippen molar-refractivity contribution in [1.29, 1.82) is 0 Å². The van der Waals surface area contributed by atoms with Crippen LogP contribution in [0.3, 0.4) is 0 Å². The lowest BCUT2D eigenvalue weighted by Crippen LogP contribution is -2.28. The standard InChI is InChI=1S/C18H18BrF2N5/c1-10-7-15(26-17(22-10)24-16(25-26)18(2,20)21)23-14-6-4-11-8-13(19)5-3-12(11)9-14/h3,5,7-8,14,23H,4,6,9H2,1-2H3. The summed E-state index contributed by atoms with van der Waals surface area (Å²) in [5, 5.41) is 7.42. The van der Waals surface area contributed by atoms with Crippen LogP contribution >= 0.6 is 15.9 Å². The Hall–Kier alpha value is -2.09. The molecule has 1 N–H and O–H groups in total. The summed E-state index contributed by atoms with van der Waals surface area (Å²) in [6.07, 6.45) is 2.80. The van der Waals surface area contributed by atoms with E-state index in [1.807, 2.05) is 19.1 Å². The topological polar surface area (TPSA) is 55.1 Å². The second kappa shape index (κ2) is 6.26. The summed E-state index contributed by atoms with van der Waals surface area (Å²) < 4.78 is 29.6. The van der Waals surface area contributed by atoms with Gasteiger partial charge < -0.3 is 5.32 Å². The molecule has 4 rings (SSSR count). The minimum Gasteiger partial charge on any atom is -0.367 e. The summed E-state index contributed by atoms with van der Waals surface area (Å²) in [4.78, 5) is 8.11. The maximum atomic E-state index is 13.6. The van der Waals surface area contributed by atoms with E-state index in [-0.39, 0.29) is 11.8 Å². The van der Waals surface area contributed by atoms with Gasteiger partial charge in [-0.15, -0.1) is 5.10 Å². The number of nitrogens with one attached hydrogen (secondary N) is 1. The molecule has 0 fully saturated rings. The fourth-order valence-corrected chi connectivity index (χ4v) is 3.74. The van der Waals surface area contributed by atoms with Crippen LogP contribution in [0.15, 0.2) is 28.7 Å². The smallest absolute Gasteiger partial charge is 0.305 e. The molecule has 0 saturated heterocycles. The van der Waals surface area contributed by atoms with Crippen molar-refractivity contribution in [3.05, 3.63) is 51.4 Å². The first-order valence-electron chi connectivity index (χ1n) is 8.46. The highest BCUT2D eigenvalue weighted by Crippen LogP contribution is 2.28. The summed E-state index contributed by atoms with van der Waals surface area (Å²) in [6.45, 7) is 2.61. The van der Waals surface area contributed by atoms with Gasteiger partial charge >= 0.3 is 5.92 Å². The van der Waals surface area contributed by atoms with Gasteiger partial charge in [-0.1, -0.05) is 22.0 Å². The summed E-state index contributed by atoms with van der Waals surface area (Å²) in [5.41, 5.74) is 3.36. The highest BCUT2D eigenvalue weighted by Gasteiger charge is 2.31. The summed E-state index contributed by atoms with van der Waals surface area (Å²) >= 11 is 3.51. The average Bonchev–Trinajstić information content (AvgIpc) is 2.99. The molecule has 1 aromatic carbocycles. The number of fused-ring (bicyclic) bond motifs is 2. The maximum Gasteiger partial charge on any atom is 0.305 e. The van der Waals surface area contributed by atoms with E-state index in [2.05, 4.69) is 48.4 Å². The van der Waals surface area contributed by atoms with Gasteiger partial charge in [0.25, 0.3) is 5.78 Å². The van der Waals surface area contributed by atoms with Gasteiger partial charge in [-0.25, -0.2) is 4.98 Å². The lowest BCUT2D eigenvalue weighted by atomic mass is 9.88. The van der Waals surface area contributed by atoms with Crippen LogP contribution in [0.5, 0.6) is 0 Å². The van der Waals surface area contributed by atoms with E-state index < -0.39 is 11.7 Å². The first-order valence-corrected chi connectivity index (χ1v) is 9.25. The molecule has 1 aliphatic carbocycles. The molecule has 5 nitrogen and oxygen atoms in total. The number of rotatable bonds is 3. The lowest BCUT2D eigenvalue weighted by Gasteiger charge is -2.26. The van der Waals surface area contributed by atoms with Gasteiger partial charge in [-0.05, 0) is 49.4 Å². The van der Waals surface area contributed by atoms with E-state index in [1.165, 1.54) is 15.6 Å². The highest BCUT2D eigenvalue weighted by molar-refractivity contribution is 9.10. The molecule has 0 aliphatic heterocycles. The van der Waals surface area contributed by atoms with E-state index in [4.69, 9.17) is 0 Å². The third kappa shape index (κ3) is 3.30. The minimum absolute atomic E-state index is 0.184. The Balaban J connectivity index is 1.65. The van der Waals surface area contributed by atoms with Crippen LogP contribution in [-0.4, -0.2) is 25.6 Å². The Kier molecular flexibility index (Phi) is 4.17. The number of aryl methyl sites for hydroxylation is 2. The Morgan fingerprint density at radius 1 is 1.23 bits per heavy atom. The normalized spacial score (nSPS) is 17.3. The van der Waals surface area contributed by atoms with Crippen molar-refractivity contribution in [3.63, 3.8) is 0 Å². The average molecular weight is 422 g/mol. The molecule has 0 spiro atoms. The number of hydrogen-bond donors (Lipinski definition) is 1. The van der Waals surface area contributed by atoms with E-state index in [9.17, 15) is 8.78 Å². The number of nitrogens with zero attached hydrogens (tertiary/aromatic N) is 4. The highest BCUT2D eigenvalue weighted by atomic mass is 79.9. The maximum absolute atomic E-state index is 13.6. The van der Waals surface area contributed by atoms with Crippen LogP contribution in [0.4, 0.5) is 14.6 Å². The molecule has 0 radical (unpaired) electrons. The first-order chi connectivity index (χ1) is 12.3. The van der Waals surface area contributed by atoms with E-state index >= 15 is 0 Å². The van der Waals surface area contributed by atoms with E-state index in [1.54, 1.807) is 0 Å². The minimum atomic E-state index is -3.10. The quantitative estimate of drug-likeness (QED) is 0.685. The molecule has 26 heavy (non-hydrogen) atoms. The van der Waals surface area contributed by atoms with Crippen molar-refractivity contribution in [3.8, 4) is 0 Å². The van der Waals surface area contributed by atoms with Crippen LogP contribution in [0, 0.1) is 6.92 Å². The first kappa shape index (κ1) is 17.3. The predicted molar refractivity (Wildman–Crippen MR) is 98.7 cm³/mol. The van der Waals surface area contributed by atoms with Gasteiger partial charge in [0.15, 0.2) is 0 Å². The van der Waals surface area contributed by atoms with E-state index in [0.29, 0.717) is 11.5 Å². The number of benzene rings is 1. The third-order valence-electron chi connectivity index (χ3n) is 4.58. The van der Waals surface area contributed by atoms with Crippen molar-refractivity contribution < 1.29 is 8.78 Å². The van der Waals surface area contributed by atoms with Gasteiger partial charge in [0.2, 0.25) is 5.82 Å². The molecule has 2 heterocycles. The monoisotopic (exact) mass is 421 g/mol. The zero-order chi connectivity index (χ0) is 18.5. The van der Waals surface area contributed by atoms with Gasteiger partial charge in [-0.2, -0.15) is 18.3 Å². The molecule has 0 saturated carbocycles. The second-order valence-corrected chi connectivity index (χ2v) is 7.73. The molecular formula is C18H18BrF2N5. The van der Waals surface area contributed by atoms with Crippen molar-refractivity contribution >= 4 is 27.5 Å². The summed E-state index contributed by atoms with van der Waals surface area (Å²) in [5.74, 6) is -2.79. The van der Waals surface area contributed by atoms with Crippen LogP contribution in [0.25, 0.3) is 5.78 Å². The molecule has 8 heteroatoms. The lowest BCUT2D eigenvalue weighted by molar-refractivity contribution is 0.00800. The van der Waals surface area contributed by atoms with Gasteiger partial charge in [0.1, 0.15) is 5.82 Å². The van der Waals surface area contributed by atoms with Crippen molar-refractivity contribution in [2.75, 3.05) is 5.32 Å². The Morgan fingerprint density at radius 2 is 2.04 bits per heavy atom. The SMILES string of the molecule is Cc1cc(NC2CCc3cc(Br)ccc3C2)n2nc(C(C)(F)F)nc2n1. The zero-order valence-corrected chi connectivity index (χ0v) is 16.0. The number of halogens is 3. The van der Waals surface area contributed by atoms with Crippen LogP contribution < -0.4 is 5.32 Å². The third-order valence-corrected chi connectivity index (χ3v) is 5.07. The molecule has 136 valence electrons. The summed E-state index contributed by atoms with van der Waals surface area (Å²) in [6, 6.07) is 8.35. The number of aromatic nitrogens is 4. The fourth-order valence-electron chi connectivity index (χ4n) is 3.33. The zero-order valence-electron chi connectivity index (χ0n) is 14.4. The Morgan fingerprint density at radius 3 is 2.81 bits per heavy atom. The largest absolute Gasteiger partial charge is 0.367 e. The van der Waals surface area contributed by atoms with Crippen LogP contribution in [-0.2, 0) is 18.8 Å². The Labute approximate surface area is 158 Å². The predicted octanol–water partition coefficient (Wildman–Crippen LogP) is 4.28. The number of hydrogen-bond acceptors (Lipinski definition) is 4. The van der Waals surface area contributed by atoms with Crippen LogP contribution in [0.1, 0.15) is 36.0 Å². The molecule has 1 unspecified atom stereocenters. The van der Waals surface area contributed by atoms with Crippen molar-refractivity contribution in [2.24, 2.45) is 0 Å². The van der Waals surface area contributed by atoms with Gasteiger partial charge in [0, 0.05) is 29.2 Å². The van der Waals surface area contributed by atoms with Crippen LogP contribution in [0.2, 0.25) is 0 Å². The molecule has 0 amide bonds. The number of alkyl halides is 2. The Bertz CT molecular complexity index is 980.